The fourth-order valence-corrected chi connectivity index (χ4v) is 3.46. The Morgan fingerprint density at radius 1 is 1.30 bits per heavy atom. The highest BCUT2D eigenvalue weighted by atomic mass is 32.2. The number of hydrogen-bond donors (Lipinski definition) is 1. The number of nitrogens with one attached hydrogen (secondary N) is 1. The summed E-state index contributed by atoms with van der Waals surface area (Å²) in [6, 6.07) is 8.78. The van der Waals surface area contributed by atoms with Gasteiger partial charge in [0.05, 0.1) is 17.4 Å². The van der Waals surface area contributed by atoms with E-state index in [0.29, 0.717) is 36.8 Å². The van der Waals surface area contributed by atoms with Gasteiger partial charge in [-0.3, -0.25) is 0 Å². The second-order valence-corrected chi connectivity index (χ2v) is 6.74. The van der Waals surface area contributed by atoms with Crippen molar-refractivity contribution in [2.45, 2.75) is 18.6 Å². The third-order valence-corrected chi connectivity index (χ3v) is 4.71. The molecule has 0 spiro atoms. The summed E-state index contributed by atoms with van der Waals surface area (Å²) >= 11 is 0. The van der Waals surface area contributed by atoms with E-state index in [-0.39, 0.29) is 5.75 Å². The van der Waals surface area contributed by atoms with Crippen LogP contribution < -0.4 is 4.72 Å². The summed E-state index contributed by atoms with van der Waals surface area (Å²) in [5.41, 5.74) is 0.943. The van der Waals surface area contributed by atoms with Crippen LogP contribution in [0.3, 0.4) is 0 Å². The van der Waals surface area contributed by atoms with Crippen LogP contribution in [0.2, 0.25) is 0 Å². The standard InChI is InChI=1S/C14H18N2O3S/c15-9-13-3-1-2-4-14(13)11-20(17,18)16-10-12-5-7-19-8-6-12/h1-4,12,16H,5-8,10-11H2. The molecule has 5 nitrogen and oxygen atoms in total. The van der Waals surface area contributed by atoms with E-state index in [1.807, 2.05) is 6.07 Å². The first-order valence-electron chi connectivity index (χ1n) is 6.64. The molecule has 1 heterocycles. The van der Waals surface area contributed by atoms with Gasteiger partial charge in [0.15, 0.2) is 0 Å². The molecular formula is C14H18N2O3S. The van der Waals surface area contributed by atoms with Crippen molar-refractivity contribution in [3.8, 4) is 6.07 Å². The first-order valence-corrected chi connectivity index (χ1v) is 8.29. The van der Waals surface area contributed by atoms with Crippen LogP contribution in [0.25, 0.3) is 0 Å². The molecular weight excluding hydrogens is 276 g/mol. The van der Waals surface area contributed by atoms with Gasteiger partial charge < -0.3 is 4.74 Å². The Balaban J connectivity index is 1.95. The van der Waals surface area contributed by atoms with E-state index < -0.39 is 10.0 Å². The van der Waals surface area contributed by atoms with Crippen LogP contribution in [0, 0.1) is 17.2 Å². The van der Waals surface area contributed by atoms with E-state index >= 15 is 0 Å². The lowest BCUT2D eigenvalue weighted by molar-refractivity contribution is 0.0678. The third kappa shape index (κ3) is 4.30. The molecule has 1 N–H and O–H groups in total. The van der Waals surface area contributed by atoms with Gasteiger partial charge in [0.1, 0.15) is 0 Å². The fraction of sp³-hybridized carbons (Fsp3) is 0.500. The van der Waals surface area contributed by atoms with E-state index in [2.05, 4.69) is 4.72 Å². The van der Waals surface area contributed by atoms with Crippen molar-refractivity contribution in [2.75, 3.05) is 19.8 Å². The molecule has 0 bridgehead atoms. The van der Waals surface area contributed by atoms with Gasteiger partial charge in [-0.15, -0.1) is 0 Å². The number of sulfonamides is 1. The van der Waals surface area contributed by atoms with Gasteiger partial charge in [-0.1, -0.05) is 18.2 Å². The molecule has 0 atom stereocenters. The second-order valence-electron chi connectivity index (χ2n) is 4.93. The molecule has 1 aliphatic rings. The number of nitriles is 1. The Morgan fingerprint density at radius 2 is 2.00 bits per heavy atom. The molecule has 0 saturated carbocycles. The second kappa shape index (κ2) is 6.84. The molecule has 1 aromatic carbocycles. The molecule has 1 saturated heterocycles. The monoisotopic (exact) mass is 294 g/mol. The lowest BCUT2D eigenvalue weighted by Gasteiger charge is -2.22. The summed E-state index contributed by atoms with van der Waals surface area (Å²) in [7, 11) is -3.41. The van der Waals surface area contributed by atoms with Crippen molar-refractivity contribution in [3.05, 3.63) is 35.4 Å². The van der Waals surface area contributed by atoms with Crippen LogP contribution in [-0.4, -0.2) is 28.2 Å². The molecule has 0 amide bonds. The molecule has 20 heavy (non-hydrogen) atoms. The van der Waals surface area contributed by atoms with Gasteiger partial charge in [0, 0.05) is 19.8 Å². The van der Waals surface area contributed by atoms with Gasteiger partial charge in [-0.25, -0.2) is 13.1 Å². The van der Waals surface area contributed by atoms with Crippen LogP contribution >= 0.6 is 0 Å². The molecule has 0 radical (unpaired) electrons. The number of hydrogen-bond acceptors (Lipinski definition) is 4. The van der Waals surface area contributed by atoms with Crippen molar-refractivity contribution < 1.29 is 13.2 Å². The summed E-state index contributed by atoms with van der Waals surface area (Å²) in [5.74, 6) is 0.185. The van der Waals surface area contributed by atoms with Crippen molar-refractivity contribution in [1.82, 2.24) is 4.72 Å². The maximum absolute atomic E-state index is 12.1. The van der Waals surface area contributed by atoms with E-state index in [1.54, 1.807) is 24.3 Å². The first-order chi connectivity index (χ1) is 9.61. The van der Waals surface area contributed by atoms with Crippen LogP contribution in [0.1, 0.15) is 24.0 Å². The summed E-state index contributed by atoms with van der Waals surface area (Å²) in [6.07, 6.45) is 1.77. The Hall–Kier alpha value is -1.42. The Kier molecular flexibility index (Phi) is 5.12. The summed E-state index contributed by atoms with van der Waals surface area (Å²) < 4.78 is 32.0. The largest absolute Gasteiger partial charge is 0.381 e. The topological polar surface area (TPSA) is 79.2 Å². The van der Waals surface area contributed by atoms with Crippen LogP contribution in [0.5, 0.6) is 0 Å². The predicted octanol–water partition coefficient (Wildman–Crippen LogP) is 1.40. The third-order valence-electron chi connectivity index (χ3n) is 3.42. The van der Waals surface area contributed by atoms with Gasteiger partial charge in [0.2, 0.25) is 10.0 Å². The smallest absolute Gasteiger partial charge is 0.215 e. The highest BCUT2D eigenvalue weighted by Gasteiger charge is 2.18. The maximum Gasteiger partial charge on any atom is 0.215 e. The number of nitrogens with zero attached hydrogens (tertiary/aromatic N) is 1. The Bertz CT molecular complexity index is 587. The zero-order valence-corrected chi connectivity index (χ0v) is 12.0. The Morgan fingerprint density at radius 3 is 2.70 bits per heavy atom. The van der Waals surface area contributed by atoms with E-state index in [4.69, 9.17) is 10.00 Å². The van der Waals surface area contributed by atoms with E-state index in [9.17, 15) is 8.42 Å². The van der Waals surface area contributed by atoms with Crippen molar-refractivity contribution in [3.63, 3.8) is 0 Å². The van der Waals surface area contributed by atoms with Gasteiger partial charge in [0.25, 0.3) is 0 Å². The minimum absolute atomic E-state index is 0.153. The molecule has 108 valence electrons. The summed E-state index contributed by atoms with van der Waals surface area (Å²) in [5, 5.41) is 8.97. The lowest BCUT2D eigenvalue weighted by Crippen LogP contribution is -2.33. The van der Waals surface area contributed by atoms with Gasteiger partial charge in [-0.2, -0.15) is 5.26 Å². The van der Waals surface area contributed by atoms with Gasteiger partial charge in [-0.05, 0) is 30.4 Å². The summed E-state index contributed by atoms with van der Waals surface area (Å²) in [4.78, 5) is 0. The highest BCUT2D eigenvalue weighted by Crippen LogP contribution is 2.15. The molecule has 6 heteroatoms. The number of benzene rings is 1. The first kappa shape index (κ1) is 15.0. The molecule has 0 aromatic heterocycles. The predicted molar refractivity (Wildman–Crippen MR) is 75.3 cm³/mol. The number of rotatable bonds is 5. The highest BCUT2D eigenvalue weighted by molar-refractivity contribution is 7.88. The van der Waals surface area contributed by atoms with E-state index in [0.717, 1.165) is 12.8 Å². The van der Waals surface area contributed by atoms with Crippen molar-refractivity contribution in [2.24, 2.45) is 5.92 Å². The van der Waals surface area contributed by atoms with Crippen LogP contribution in [0.15, 0.2) is 24.3 Å². The fourth-order valence-electron chi connectivity index (χ4n) is 2.21. The Labute approximate surface area is 119 Å². The molecule has 1 aliphatic heterocycles. The summed E-state index contributed by atoms with van der Waals surface area (Å²) in [6.45, 7) is 1.84. The minimum Gasteiger partial charge on any atom is -0.381 e. The molecule has 1 fully saturated rings. The molecule has 1 aromatic rings. The quantitative estimate of drug-likeness (QED) is 0.890. The van der Waals surface area contributed by atoms with Crippen molar-refractivity contribution >= 4 is 10.0 Å². The van der Waals surface area contributed by atoms with Crippen LogP contribution in [-0.2, 0) is 20.5 Å². The lowest BCUT2D eigenvalue weighted by atomic mass is 10.0. The van der Waals surface area contributed by atoms with E-state index in [1.165, 1.54) is 0 Å². The molecule has 2 rings (SSSR count). The zero-order chi connectivity index (χ0) is 14.4. The van der Waals surface area contributed by atoms with Gasteiger partial charge >= 0.3 is 0 Å². The van der Waals surface area contributed by atoms with Crippen LogP contribution in [0.4, 0.5) is 0 Å². The average Bonchev–Trinajstić information content (AvgIpc) is 2.47. The minimum atomic E-state index is -3.41. The maximum atomic E-state index is 12.1. The van der Waals surface area contributed by atoms with Crippen molar-refractivity contribution in [1.29, 1.82) is 5.26 Å². The average molecular weight is 294 g/mol. The molecule has 0 unspecified atom stereocenters. The molecule has 0 aliphatic carbocycles. The zero-order valence-electron chi connectivity index (χ0n) is 11.2. The number of ether oxygens (including phenoxy) is 1. The normalized spacial score (nSPS) is 16.8. The SMILES string of the molecule is N#Cc1ccccc1CS(=O)(=O)NCC1CCOCC1.